The second-order valence-electron chi connectivity index (χ2n) is 8.60. The van der Waals surface area contributed by atoms with Crippen molar-refractivity contribution in [2.45, 2.75) is 19.7 Å². The predicted octanol–water partition coefficient (Wildman–Crippen LogP) is 7.28. The zero-order valence-corrected chi connectivity index (χ0v) is 21.5. The quantitative estimate of drug-likeness (QED) is 0.207. The molecule has 0 spiro atoms. The number of methoxy groups -OCH3 is 1. The summed E-state index contributed by atoms with van der Waals surface area (Å²) in [6.07, 6.45) is -3.05. The summed E-state index contributed by atoms with van der Waals surface area (Å²) in [4.78, 5) is 30.3. The standard InChI is InChI=1S/C29H20F3NO5S/c1-16-25(39-27(33-16)17-6-8-20(9-7-17)29(30,31)32)15-37-21-10-11-22-24(13-21)38-14-23(26(22)34)18-4-3-5-19(12-18)28(35)36-2/h3-14H,15H2,1-2H3. The molecule has 0 atom stereocenters. The van der Waals surface area contributed by atoms with Crippen LogP contribution in [0.1, 0.15) is 26.5 Å². The Labute approximate surface area is 224 Å². The number of aromatic nitrogens is 1. The molecular formula is C29H20F3NO5S. The lowest BCUT2D eigenvalue weighted by Crippen LogP contribution is -2.06. The molecule has 0 fully saturated rings. The Morgan fingerprint density at radius 2 is 1.79 bits per heavy atom. The fraction of sp³-hybridized carbons (Fsp3) is 0.138. The van der Waals surface area contributed by atoms with E-state index in [1.165, 1.54) is 36.8 Å². The third kappa shape index (κ3) is 5.42. The topological polar surface area (TPSA) is 78.6 Å². The molecule has 0 saturated heterocycles. The van der Waals surface area contributed by atoms with E-state index in [1.807, 2.05) is 0 Å². The summed E-state index contributed by atoms with van der Waals surface area (Å²) in [5.41, 5.74) is 1.80. The molecule has 0 unspecified atom stereocenters. The monoisotopic (exact) mass is 551 g/mol. The van der Waals surface area contributed by atoms with Crippen molar-refractivity contribution in [3.63, 3.8) is 0 Å². The molecule has 0 amide bonds. The predicted molar refractivity (Wildman–Crippen MR) is 141 cm³/mol. The number of esters is 1. The lowest BCUT2D eigenvalue weighted by molar-refractivity contribution is -0.137. The van der Waals surface area contributed by atoms with E-state index in [1.54, 1.807) is 49.4 Å². The molecular weight excluding hydrogens is 531 g/mol. The highest BCUT2D eigenvalue weighted by Crippen LogP contribution is 2.33. The number of benzene rings is 3. The third-order valence-electron chi connectivity index (χ3n) is 6.06. The SMILES string of the molecule is COC(=O)c1cccc(-c2coc3cc(OCc4sc(-c5ccc(C(F)(F)F)cc5)nc4C)ccc3c2=O)c1. The highest BCUT2D eigenvalue weighted by molar-refractivity contribution is 7.15. The number of ether oxygens (including phenoxy) is 2. The van der Waals surface area contributed by atoms with Crippen LogP contribution in [0.3, 0.4) is 0 Å². The lowest BCUT2D eigenvalue weighted by atomic mass is 10.0. The number of nitrogens with zero attached hydrogens (tertiary/aromatic N) is 1. The number of alkyl halides is 3. The Morgan fingerprint density at radius 1 is 1.03 bits per heavy atom. The minimum atomic E-state index is -4.40. The Bertz CT molecular complexity index is 1740. The van der Waals surface area contributed by atoms with Crippen LogP contribution in [0, 0.1) is 6.92 Å². The highest BCUT2D eigenvalue weighted by atomic mass is 32.1. The highest BCUT2D eigenvalue weighted by Gasteiger charge is 2.30. The van der Waals surface area contributed by atoms with Gasteiger partial charge in [-0.3, -0.25) is 4.79 Å². The number of thiazole rings is 1. The van der Waals surface area contributed by atoms with Crippen molar-refractivity contribution in [3.8, 4) is 27.4 Å². The van der Waals surface area contributed by atoms with Gasteiger partial charge in [0.05, 0.1) is 39.8 Å². The van der Waals surface area contributed by atoms with Gasteiger partial charge in [0.2, 0.25) is 0 Å². The van der Waals surface area contributed by atoms with E-state index in [4.69, 9.17) is 13.9 Å². The molecule has 0 aliphatic heterocycles. The van der Waals surface area contributed by atoms with Gasteiger partial charge in [-0.2, -0.15) is 13.2 Å². The van der Waals surface area contributed by atoms with Crippen molar-refractivity contribution < 1.29 is 31.9 Å². The van der Waals surface area contributed by atoms with E-state index in [2.05, 4.69) is 4.98 Å². The number of halogens is 3. The van der Waals surface area contributed by atoms with Gasteiger partial charge in [-0.1, -0.05) is 24.3 Å². The summed E-state index contributed by atoms with van der Waals surface area (Å²) in [6.45, 7) is 1.98. The van der Waals surface area contributed by atoms with Crippen LogP contribution >= 0.6 is 11.3 Å². The van der Waals surface area contributed by atoms with Gasteiger partial charge in [0, 0.05) is 11.6 Å². The summed E-state index contributed by atoms with van der Waals surface area (Å²) < 4.78 is 54.9. The van der Waals surface area contributed by atoms with Gasteiger partial charge in [-0.15, -0.1) is 11.3 Å². The molecule has 2 aromatic heterocycles. The van der Waals surface area contributed by atoms with Crippen LogP contribution in [0.25, 0.3) is 32.7 Å². The fourth-order valence-electron chi connectivity index (χ4n) is 3.97. The summed E-state index contributed by atoms with van der Waals surface area (Å²) in [5, 5.41) is 0.940. The van der Waals surface area contributed by atoms with Gasteiger partial charge < -0.3 is 13.9 Å². The molecule has 5 aromatic rings. The second-order valence-corrected chi connectivity index (χ2v) is 9.68. The average Bonchev–Trinajstić information content (AvgIpc) is 3.31. The number of rotatable bonds is 6. The first-order valence-electron chi connectivity index (χ1n) is 11.6. The molecule has 39 heavy (non-hydrogen) atoms. The lowest BCUT2D eigenvalue weighted by Gasteiger charge is -2.08. The number of carbonyl (C=O) groups is 1. The van der Waals surface area contributed by atoms with E-state index >= 15 is 0 Å². The van der Waals surface area contributed by atoms with Crippen LogP contribution in [-0.2, 0) is 17.5 Å². The molecule has 0 N–H and O–H groups in total. The first-order chi connectivity index (χ1) is 18.6. The zero-order valence-electron chi connectivity index (χ0n) is 20.7. The molecule has 10 heteroatoms. The van der Waals surface area contributed by atoms with Crippen LogP contribution < -0.4 is 10.2 Å². The minimum Gasteiger partial charge on any atom is -0.488 e. The van der Waals surface area contributed by atoms with Crippen molar-refractivity contribution in [1.82, 2.24) is 4.98 Å². The molecule has 0 aliphatic rings. The maximum Gasteiger partial charge on any atom is 0.416 e. The molecule has 0 bridgehead atoms. The van der Waals surface area contributed by atoms with E-state index < -0.39 is 17.7 Å². The third-order valence-corrected chi connectivity index (χ3v) is 7.24. The van der Waals surface area contributed by atoms with E-state index in [9.17, 15) is 22.8 Å². The van der Waals surface area contributed by atoms with Crippen LogP contribution in [0.4, 0.5) is 13.2 Å². The number of hydrogen-bond acceptors (Lipinski definition) is 7. The molecule has 2 heterocycles. The Morgan fingerprint density at radius 3 is 2.51 bits per heavy atom. The number of aryl methyl sites for hydroxylation is 1. The Balaban J connectivity index is 1.34. The minimum absolute atomic E-state index is 0.179. The van der Waals surface area contributed by atoms with Gasteiger partial charge in [0.25, 0.3) is 0 Å². The normalized spacial score (nSPS) is 11.5. The van der Waals surface area contributed by atoms with Crippen molar-refractivity contribution in [2.24, 2.45) is 0 Å². The first-order valence-corrected chi connectivity index (χ1v) is 12.5. The van der Waals surface area contributed by atoms with Gasteiger partial charge in [0.15, 0.2) is 5.43 Å². The maximum absolute atomic E-state index is 13.1. The maximum atomic E-state index is 13.1. The Hall–Kier alpha value is -4.44. The summed E-state index contributed by atoms with van der Waals surface area (Å²) in [5.74, 6) is -0.0403. The van der Waals surface area contributed by atoms with Gasteiger partial charge >= 0.3 is 12.1 Å². The summed E-state index contributed by atoms with van der Waals surface area (Å²) in [6, 6.07) is 16.3. The van der Waals surface area contributed by atoms with Crippen LogP contribution in [-0.4, -0.2) is 18.1 Å². The average molecular weight is 552 g/mol. The molecule has 198 valence electrons. The molecule has 0 radical (unpaired) electrons. The molecule has 6 nitrogen and oxygen atoms in total. The number of hydrogen-bond donors (Lipinski definition) is 0. The molecule has 0 aliphatic carbocycles. The van der Waals surface area contributed by atoms with Crippen LogP contribution in [0.2, 0.25) is 0 Å². The van der Waals surface area contributed by atoms with Crippen molar-refractivity contribution >= 4 is 28.3 Å². The van der Waals surface area contributed by atoms with Crippen LogP contribution in [0.15, 0.2) is 82.2 Å². The first kappa shape index (κ1) is 26.2. The zero-order chi connectivity index (χ0) is 27.7. The molecule has 5 rings (SSSR count). The van der Waals surface area contributed by atoms with Crippen molar-refractivity contribution in [1.29, 1.82) is 0 Å². The van der Waals surface area contributed by atoms with E-state index in [0.717, 1.165) is 17.0 Å². The fourth-order valence-corrected chi connectivity index (χ4v) is 4.95. The van der Waals surface area contributed by atoms with Gasteiger partial charge in [0.1, 0.15) is 29.2 Å². The molecule has 3 aromatic carbocycles. The van der Waals surface area contributed by atoms with Crippen LogP contribution in [0.5, 0.6) is 5.75 Å². The smallest absolute Gasteiger partial charge is 0.416 e. The second kappa shape index (κ2) is 10.4. The van der Waals surface area contributed by atoms with Crippen molar-refractivity contribution in [2.75, 3.05) is 7.11 Å². The largest absolute Gasteiger partial charge is 0.488 e. The molecule has 0 saturated carbocycles. The number of fused-ring (bicyclic) bond motifs is 1. The summed E-state index contributed by atoms with van der Waals surface area (Å²) >= 11 is 1.33. The number of carbonyl (C=O) groups excluding carboxylic acids is 1. The Kier molecular flexibility index (Phi) is 6.96. The van der Waals surface area contributed by atoms with Gasteiger partial charge in [-0.05, 0) is 48.9 Å². The summed E-state index contributed by atoms with van der Waals surface area (Å²) in [7, 11) is 1.29. The van der Waals surface area contributed by atoms with E-state index in [-0.39, 0.29) is 12.0 Å². The van der Waals surface area contributed by atoms with E-state index in [0.29, 0.717) is 49.7 Å². The van der Waals surface area contributed by atoms with Crippen molar-refractivity contribution in [3.05, 3.63) is 105 Å². The van der Waals surface area contributed by atoms with Gasteiger partial charge in [-0.25, -0.2) is 9.78 Å².